The number of nitrogens with zero attached hydrogens (tertiary/aromatic N) is 4. The molecule has 0 amide bonds. The molecule has 2 aromatic heterocycles. The van der Waals surface area contributed by atoms with Gasteiger partial charge in [0.2, 0.25) is 5.88 Å². The van der Waals surface area contributed by atoms with E-state index in [4.69, 9.17) is 15.9 Å². The molecular weight excluding hydrogens is 256 g/mol. The minimum absolute atomic E-state index is 0.0645. The highest BCUT2D eigenvalue weighted by molar-refractivity contribution is 5.98. The summed E-state index contributed by atoms with van der Waals surface area (Å²) in [6.07, 6.45) is 4.75. The summed E-state index contributed by atoms with van der Waals surface area (Å²) in [7, 11) is 1.79. The summed E-state index contributed by atoms with van der Waals surface area (Å²) in [4.78, 5) is 0. The van der Waals surface area contributed by atoms with Crippen LogP contribution in [0.25, 0.3) is 0 Å². The Bertz CT molecular complexity index is 634. The van der Waals surface area contributed by atoms with E-state index in [-0.39, 0.29) is 11.7 Å². The molecule has 0 bridgehead atoms. The highest BCUT2D eigenvalue weighted by Crippen LogP contribution is 2.26. The van der Waals surface area contributed by atoms with E-state index in [1.807, 2.05) is 13.8 Å². The van der Waals surface area contributed by atoms with E-state index in [2.05, 4.69) is 15.3 Å². The van der Waals surface area contributed by atoms with Crippen LogP contribution < -0.4 is 10.5 Å². The summed E-state index contributed by atoms with van der Waals surface area (Å²) >= 11 is 0. The molecule has 0 aliphatic heterocycles. The minimum atomic E-state index is -0.0645. The summed E-state index contributed by atoms with van der Waals surface area (Å²) in [5.74, 6) is 0.723. The molecule has 0 atom stereocenters. The zero-order chi connectivity index (χ0) is 14.7. The maximum Gasteiger partial charge on any atom is 0.250 e. The Hall–Kier alpha value is -2.44. The van der Waals surface area contributed by atoms with Crippen molar-refractivity contribution in [3.05, 3.63) is 29.2 Å². The summed E-state index contributed by atoms with van der Waals surface area (Å²) < 4.78 is 7.28. The van der Waals surface area contributed by atoms with Gasteiger partial charge in [-0.3, -0.25) is 10.1 Å². The number of rotatable bonds is 5. The summed E-state index contributed by atoms with van der Waals surface area (Å²) in [5.41, 5.74) is 7.96. The number of ether oxygens (including phenoxy) is 1. The van der Waals surface area contributed by atoms with Crippen molar-refractivity contribution in [2.24, 2.45) is 12.8 Å². The Morgan fingerprint density at radius 2 is 2.10 bits per heavy atom. The van der Waals surface area contributed by atoms with Gasteiger partial charge in [-0.15, -0.1) is 5.10 Å². The number of nitrogens with one attached hydrogen (secondary N) is 1. The van der Waals surface area contributed by atoms with E-state index in [1.54, 1.807) is 24.1 Å². The molecule has 0 aromatic carbocycles. The lowest BCUT2D eigenvalue weighted by molar-refractivity contribution is 0.451. The van der Waals surface area contributed by atoms with E-state index in [0.29, 0.717) is 11.3 Å². The third-order valence-corrected chi connectivity index (χ3v) is 2.98. The first-order chi connectivity index (χ1) is 9.56. The van der Waals surface area contributed by atoms with Crippen molar-refractivity contribution in [2.75, 3.05) is 0 Å². The van der Waals surface area contributed by atoms with Gasteiger partial charge >= 0.3 is 0 Å². The maximum atomic E-state index is 7.77. The second kappa shape index (κ2) is 5.68. The van der Waals surface area contributed by atoms with Gasteiger partial charge in [-0.2, -0.15) is 10.2 Å². The number of aromatic nitrogens is 4. The average molecular weight is 274 g/mol. The number of amidine groups is 1. The number of nitrogen functional groups attached to an aromatic ring is 1. The van der Waals surface area contributed by atoms with E-state index in [1.165, 1.54) is 0 Å². The molecule has 106 valence electrons. The molecule has 0 unspecified atom stereocenters. The average Bonchev–Trinajstić information content (AvgIpc) is 2.83. The van der Waals surface area contributed by atoms with Gasteiger partial charge in [0.1, 0.15) is 5.84 Å². The fraction of sp³-hybridized carbons (Fsp3) is 0.385. The van der Waals surface area contributed by atoms with E-state index >= 15 is 0 Å². The molecule has 0 saturated carbocycles. The first-order valence-electron chi connectivity index (χ1n) is 6.46. The van der Waals surface area contributed by atoms with Crippen molar-refractivity contribution in [1.82, 2.24) is 20.0 Å². The Balaban J connectivity index is 2.49. The van der Waals surface area contributed by atoms with Gasteiger partial charge in [0.25, 0.3) is 0 Å². The van der Waals surface area contributed by atoms with Gasteiger partial charge in [-0.05, 0) is 18.4 Å². The fourth-order valence-electron chi connectivity index (χ4n) is 2.07. The first kappa shape index (κ1) is 14.0. The number of hydrogen-bond acceptors (Lipinski definition) is 5. The summed E-state index contributed by atoms with van der Waals surface area (Å²) in [6, 6.07) is 0. The summed E-state index contributed by atoms with van der Waals surface area (Å²) in [6.45, 7) is 3.99. The van der Waals surface area contributed by atoms with Gasteiger partial charge in [0.15, 0.2) is 5.75 Å². The Morgan fingerprint density at radius 3 is 2.60 bits per heavy atom. The van der Waals surface area contributed by atoms with Crippen LogP contribution in [0.4, 0.5) is 0 Å². The Kier molecular flexibility index (Phi) is 3.97. The first-order valence-corrected chi connectivity index (χ1v) is 6.46. The molecule has 7 heteroatoms. The molecular formula is C13H18N6O. The molecule has 0 aliphatic rings. The number of nitrogens with two attached hydrogens (primary N) is 1. The van der Waals surface area contributed by atoms with Crippen LogP contribution in [0.15, 0.2) is 12.4 Å². The largest absolute Gasteiger partial charge is 0.434 e. The molecule has 2 heterocycles. The molecule has 0 aliphatic carbocycles. The van der Waals surface area contributed by atoms with Gasteiger partial charge in [-0.1, -0.05) is 13.8 Å². The Labute approximate surface area is 117 Å². The van der Waals surface area contributed by atoms with E-state index < -0.39 is 0 Å². The monoisotopic (exact) mass is 274 g/mol. The van der Waals surface area contributed by atoms with Crippen LogP contribution in [0, 0.1) is 5.41 Å². The molecule has 7 nitrogen and oxygen atoms in total. The third kappa shape index (κ3) is 2.61. The zero-order valence-corrected chi connectivity index (χ0v) is 11.8. The van der Waals surface area contributed by atoms with Gasteiger partial charge in [-0.25, -0.2) is 0 Å². The van der Waals surface area contributed by atoms with Crippen LogP contribution in [0.1, 0.15) is 30.7 Å². The predicted molar refractivity (Wildman–Crippen MR) is 75.1 cm³/mol. The molecule has 3 N–H and O–H groups in total. The lowest BCUT2D eigenvalue weighted by Gasteiger charge is -2.13. The second-order valence-corrected chi connectivity index (χ2v) is 4.38. The fourth-order valence-corrected chi connectivity index (χ4v) is 2.07. The molecule has 0 radical (unpaired) electrons. The van der Waals surface area contributed by atoms with E-state index in [0.717, 1.165) is 24.1 Å². The lowest BCUT2D eigenvalue weighted by Crippen LogP contribution is -2.18. The molecule has 0 saturated heterocycles. The molecule has 20 heavy (non-hydrogen) atoms. The second-order valence-electron chi connectivity index (χ2n) is 4.38. The lowest BCUT2D eigenvalue weighted by atomic mass is 10.0. The van der Waals surface area contributed by atoms with Gasteiger partial charge in [0, 0.05) is 7.05 Å². The van der Waals surface area contributed by atoms with Crippen LogP contribution in [-0.2, 0) is 19.9 Å². The van der Waals surface area contributed by atoms with E-state index in [9.17, 15) is 0 Å². The highest BCUT2D eigenvalue weighted by atomic mass is 16.5. The van der Waals surface area contributed by atoms with Gasteiger partial charge < -0.3 is 10.5 Å². The van der Waals surface area contributed by atoms with Crippen molar-refractivity contribution >= 4 is 5.84 Å². The molecule has 0 spiro atoms. The van der Waals surface area contributed by atoms with Crippen LogP contribution in [0.2, 0.25) is 0 Å². The normalized spacial score (nSPS) is 10.6. The molecule has 0 fully saturated rings. The van der Waals surface area contributed by atoms with Crippen molar-refractivity contribution in [3.8, 4) is 11.6 Å². The molecule has 2 aromatic rings. The standard InChI is InChI=1S/C13H18N6O/c1-4-9-10(5-2)17-18-13(11(9)12(14)15)20-8-6-16-19(3)7-8/h6-7H,4-5H2,1-3H3,(H3,14,15). The topological polar surface area (TPSA) is 103 Å². The zero-order valence-electron chi connectivity index (χ0n) is 11.8. The van der Waals surface area contributed by atoms with Crippen molar-refractivity contribution in [1.29, 1.82) is 5.41 Å². The minimum Gasteiger partial charge on any atom is -0.434 e. The van der Waals surface area contributed by atoms with Gasteiger partial charge in [0.05, 0.1) is 23.7 Å². The third-order valence-electron chi connectivity index (χ3n) is 2.98. The van der Waals surface area contributed by atoms with Crippen molar-refractivity contribution < 1.29 is 4.74 Å². The Morgan fingerprint density at radius 1 is 1.35 bits per heavy atom. The summed E-state index contributed by atoms with van der Waals surface area (Å²) in [5, 5.41) is 20.0. The van der Waals surface area contributed by atoms with Crippen LogP contribution in [0.5, 0.6) is 11.6 Å². The number of hydrogen-bond donors (Lipinski definition) is 2. The van der Waals surface area contributed by atoms with Crippen LogP contribution >= 0.6 is 0 Å². The van der Waals surface area contributed by atoms with Crippen molar-refractivity contribution in [3.63, 3.8) is 0 Å². The van der Waals surface area contributed by atoms with Crippen molar-refractivity contribution in [2.45, 2.75) is 26.7 Å². The number of aryl methyl sites for hydroxylation is 2. The quantitative estimate of drug-likeness (QED) is 0.634. The SMILES string of the molecule is CCc1nnc(Oc2cnn(C)c2)c(C(=N)N)c1CC. The van der Waals surface area contributed by atoms with Crippen LogP contribution in [-0.4, -0.2) is 25.8 Å². The van der Waals surface area contributed by atoms with Crippen LogP contribution in [0.3, 0.4) is 0 Å². The highest BCUT2D eigenvalue weighted by Gasteiger charge is 2.18. The maximum absolute atomic E-state index is 7.77. The molecule has 2 rings (SSSR count). The smallest absolute Gasteiger partial charge is 0.250 e. The predicted octanol–water partition coefficient (Wildman–Crippen LogP) is 1.41.